The van der Waals surface area contributed by atoms with Crippen LogP contribution in [-0.4, -0.2) is 30.3 Å². The Labute approximate surface area is 159 Å². The molecule has 1 aliphatic carbocycles. The van der Waals surface area contributed by atoms with Gasteiger partial charge in [0.1, 0.15) is 5.76 Å². The molecule has 5 heteroatoms. The third-order valence-electron chi connectivity index (χ3n) is 5.82. The summed E-state index contributed by atoms with van der Waals surface area (Å²) in [6, 6.07) is 4.12. The zero-order valence-electron chi connectivity index (χ0n) is 16.5. The first kappa shape index (κ1) is 18.2. The van der Waals surface area contributed by atoms with Crippen molar-refractivity contribution in [2.24, 2.45) is 11.8 Å². The molecule has 0 spiro atoms. The highest BCUT2D eigenvalue weighted by molar-refractivity contribution is 6.26. The average Bonchev–Trinajstić information content (AvgIpc) is 3.22. The fourth-order valence-corrected chi connectivity index (χ4v) is 5.04. The van der Waals surface area contributed by atoms with Gasteiger partial charge < -0.3 is 14.2 Å². The molecule has 0 radical (unpaired) electrons. The maximum absolute atomic E-state index is 13.4. The van der Waals surface area contributed by atoms with Crippen molar-refractivity contribution >= 4 is 17.5 Å². The Morgan fingerprint density at radius 1 is 1.07 bits per heavy atom. The molecule has 4 atom stereocenters. The van der Waals surface area contributed by atoms with Gasteiger partial charge in [0.25, 0.3) is 0 Å². The van der Waals surface area contributed by atoms with Gasteiger partial charge in [-0.05, 0) is 64.2 Å². The zero-order valence-corrected chi connectivity index (χ0v) is 16.5. The van der Waals surface area contributed by atoms with Gasteiger partial charge in [-0.3, -0.25) is 4.79 Å². The van der Waals surface area contributed by atoms with Gasteiger partial charge in [0.2, 0.25) is 0 Å². The second-order valence-electron chi connectivity index (χ2n) is 8.24. The van der Waals surface area contributed by atoms with E-state index in [1.54, 1.807) is 13.8 Å². The first-order valence-electron chi connectivity index (χ1n) is 9.68. The summed E-state index contributed by atoms with van der Waals surface area (Å²) in [7, 11) is 0. The van der Waals surface area contributed by atoms with Crippen LogP contribution in [-0.2, 0) is 19.0 Å². The molecule has 0 amide bonds. The van der Waals surface area contributed by atoms with Crippen molar-refractivity contribution in [1.82, 2.24) is 0 Å². The molecular weight excluding hydrogens is 344 g/mol. The molecule has 144 valence electrons. The molecule has 5 nitrogen and oxygen atoms in total. The Hall–Kier alpha value is -2.14. The van der Waals surface area contributed by atoms with Crippen LogP contribution in [0.5, 0.6) is 0 Å². The molecule has 2 aliphatic heterocycles. The summed E-state index contributed by atoms with van der Waals surface area (Å²) < 4.78 is 16.9. The number of ketones is 1. The molecule has 2 unspecified atom stereocenters. The molecule has 2 fully saturated rings. The van der Waals surface area contributed by atoms with Crippen LogP contribution < -0.4 is 0 Å². The van der Waals surface area contributed by atoms with Gasteiger partial charge in [-0.1, -0.05) is 17.7 Å². The first-order chi connectivity index (χ1) is 12.8. The summed E-state index contributed by atoms with van der Waals surface area (Å²) >= 11 is 0. The van der Waals surface area contributed by atoms with Crippen LogP contribution in [0.4, 0.5) is 4.79 Å². The van der Waals surface area contributed by atoms with E-state index >= 15 is 0 Å². The average molecular weight is 370 g/mol. The predicted octanol–water partition coefficient (Wildman–Crippen LogP) is 4.26. The zero-order chi connectivity index (χ0) is 19.5. The van der Waals surface area contributed by atoms with Crippen LogP contribution in [0.3, 0.4) is 0 Å². The van der Waals surface area contributed by atoms with E-state index in [1.165, 1.54) is 0 Å². The van der Waals surface area contributed by atoms with Gasteiger partial charge in [0.05, 0.1) is 35.7 Å². The van der Waals surface area contributed by atoms with Crippen LogP contribution in [0.1, 0.15) is 48.9 Å². The molecule has 0 saturated carbocycles. The molecule has 1 aromatic rings. The Balaban J connectivity index is 1.83. The number of rotatable bonds is 3. The van der Waals surface area contributed by atoms with Gasteiger partial charge in [0.15, 0.2) is 5.78 Å². The monoisotopic (exact) mass is 370 g/mol. The summed E-state index contributed by atoms with van der Waals surface area (Å²) in [5.41, 5.74) is 4.60. The Kier molecular flexibility index (Phi) is 4.38. The van der Waals surface area contributed by atoms with E-state index in [4.69, 9.17) is 14.2 Å². The van der Waals surface area contributed by atoms with E-state index < -0.39 is 6.16 Å². The molecule has 3 aliphatic rings. The van der Waals surface area contributed by atoms with E-state index in [9.17, 15) is 9.59 Å². The summed E-state index contributed by atoms with van der Waals surface area (Å²) in [6.45, 7) is 9.58. The number of hydrogen-bond donors (Lipinski definition) is 0. The largest absolute Gasteiger partial charge is 0.513 e. The lowest BCUT2D eigenvalue weighted by atomic mass is 9.80. The molecule has 27 heavy (non-hydrogen) atoms. The van der Waals surface area contributed by atoms with Gasteiger partial charge in [-0.25, -0.2) is 4.79 Å². The predicted molar refractivity (Wildman–Crippen MR) is 100 cm³/mol. The molecule has 1 aromatic carbocycles. The van der Waals surface area contributed by atoms with E-state index in [-0.39, 0.29) is 35.9 Å². The van der Waals surface area contributed by atoms with Crippen molar-refractivity contribution in [3.05, 3.63) is 40.1 Å². The minimum Gasteiger partial charge on any atom is -0.431 e. The Morgan fingerprint density at radius 2 is 1.67 bits per heavy atom. The summed E-state index contributed by atoms with van der Waals surface area (Å²) in [6.07, 6.45) is 0.611. The second-order valence-corrected chi connectivity index (χ2v) is 8.24. The minimum atomic E-state index is -0.754. The topological polar surface area (TPSA) is 61.8 Å². The van der Waals surface area contributed by atoms with Crippen molar-refractivity contribution in [2.45, 2.75) is 65.8 Å². The maximum Gasteiger partial charge on any atom is 0.513 e. The number of fused-ring (bicyclic) bond motifs is 5. The van der Waals surface area contributed by atoms with Crippen molar-refractivity contribution < 1.29 is 23.8 Å². The lowest BCUT2D eigenvalue weighted by Crippen LogP contribution is -2.30. The number of benzene rings is 1. The fourth-order valence-electron chi connectivity index (χ4n) is 5.04. The molecule has 0 N–H and O–H groups in total. The van der Waals surface area contributed by atoms with Crippen LogP contribution >= 0.6 is 0 Å². The molecule has 0 aromatic heterocycles. The van der Waals surface area contributed by atoms with Crippen LogP contribution in [0.2, 0.25) is 0 Å². The number of hydrogen-bond acceptors (Lipinski definition) is 5. The highest BCUT2D eigenvalue weighted by Crippen LogP contribution is 2.55. The maximum atomic E-state index is 13.4. The van der Waals surface area contributed by atoms with E-state index in [0.29, 0.717) is 11.3 Å². The Bertz CT molecular complexity index is 827. The molecule has 4 rings (SSSR count). The van der Waals surface area contributed by atoms with Crippen molar-refractivity contribution in [2.75, 3.05) is 0 Å². The fraction of sp³-hybridized carbons (Fsp3) is 0.545. The van der Waals surface area contributed by atoms with Gasteiger partial charge in [-0.15, -0.1) is 0 Å². The van der Waals surface area contributed by atoms with Crippen molar-refractivity contribution in [3.8, 4) is 0 Å². The third kappa shape index (κ3) is 2.89. The standard InChI is InChI=1S/C22H26O5/c1-10(2)25-22(24)27-21-18-15-7-6-14(26-15)17(18)20(23)19(21)16-12(4)8-11(3)9-13(16)5/h8-10,14-15,17-18H,6-7H2,1-5H3/t14?,15?,17-,18+/m0/s1. The van der Waals surface area contributed by atoms with Gasteiger partial charge in [-0.2, -0.15) is 0 Å². The Morgan fingerprint density at radius 3 is 2.26 bits per heavy atom. The van der Waals surface area contributed by atoms with Gasteiger partial charge in [0, 0.05) is 0 Å². The quantitative estimate of drug-likeness (QED) is 0.744. The molecule has 2 saturated heterocycles. The summed E-state index contributed by atoms with van der Waals surface area (Å²) in [4.78, 5) is 25.7. The number of carbonyl (C=O) groups excluding carboxylic acids is 2. The van der Waals surface area contributed by atoms with E-state index in [0.717, 1.165) is 35.1 Å². The number of carbonyl (C=O) groups is 2. The SMILES string of the molecule is Cc1cc(C)c(C2=C(OC(=O)OC(C)C)[C@@H]3C4CCC(O4)[C@@H]3C2=O)c(C)c1. The third-order valence-corrected chi connectivity index (χ3v) is 5.82. The second kappa shape index (κ2) is 6.48. The first-order valence-corrected chi connectivity index (χ1v) is 9.68. The van der Waals surface area contributed by atoms with Crippen LogP contribution in [0.15, 0.2) is 17.9 Å². The van der Waals surface area contributed by atoms with Crippen LogP contribution in [0, 0.1) is 32.6 Å². The lowest BCUT2D eigenvalue weighted by Gasteiger charge is -2.21. The highest BCUT2D eigenvalue weighted by atomic mass is 16.7. The van der Waals surface area contributed by atoms with E-state index in [1.807, 2.05) is 20.8 Å². The summed E-state index contributed by atoms with van der Waals surface area (Å²) in [5.74, 6) is 0.0410. The number of aryl methyl sites for hydroxylation is 3. The normalized spacial score (nSPS) is 28.9. The number of Topliss-reactive ketones (excluding diaryl/α,β-unsaturated/α-hetero) is 1. The number of allylic oxidation sites excluding steroid dienone is 1. The van der Waals surface area contributed by atoms with Crippen molar-refractivity contribution in [1.29, 1.82) is 0 Å². The van der Waals surface area contributed by atoms with Crippen LogP contribution in [0.25, 0.3) is 5.57 Å². The molecule has 2 heterocycles. The van der Waals surface area contributed by atoms with E-state index in [2.05, 4.69) is 12.1 Å². The smallest absolute Gasteiger partial charge is 0.431 e. The lowest BCUT2D eigenvalue weighted by molar-refractivity contribution is -0.118. The van der Waals surface area contributed by atoms with Gasteiger partial charge >= 0.3 is 6.16 Å². The number of ether oxygens (including phenoxy) is 3. The highest BCUT2D eigenvalue weighted by Gasteiger charge is 2.60. The van der Waals surface area contributed by atoms with Crippen molar-refractivity contribution in [3.63, 3.8) is 0 Å². The molecular formula is C22H26O5. The summed E-state index contributed by atoms with van der Waals surface area (Å²) in [5, 5.41) is 0. The minimum absolute atomic E-state index is 0.0367. The molecule has 2 bridgehead atoms.